The molecule has 1 atom stereocenters. The van der Waals surface area contributed by atoms with Crippen LogP contribution < -0.4 is 10.1 Å². The third-order valence-electron chi connectivity index (χ3n) is 7.07. The van der Waals surface area contributed by atoms with E-state index in [0.29, 0.717) is 45.5 Å². The average molecular weight is 596 g/mol. The number of hydrogen-bond donors (Lipinski definition) is 1. The van der Waals surface area contributed by atoms with E-state index >= 15 is 0 Å². The van der Waals surface area contributed by atoms with Crippen LogP contribution in [0.3, 0.4) is 0 Å². The van der Waals surface area contributed by atoms with Crippen molar-refractivity contribution in [2.24, 2.45) is 0 Å². The molecule has 2 aliphatic rings. The van der Waals surface area contributed by atoms with Crippen molar-refractivity contribution >= 4 is 41.2 Å². The quantitative estimate of drug-likeness (QED) is 0.230. The first-order valence-corrected chi connectivity index (χ1v) is 15.3. The number of nitrogens with zero attached hydrogens (tertiary/aromatic N) is 4. The van der Waals surface area contributed by atoms with Gasteiger partial charge in [-0.25, -0.2) is 9.48 Å². The van der Waals surface area contributed by atoms with Crippen LogP contribution in [0.4, 0.5) is 5.95 Å². The molecule has 0 saturated carbocycles. The molecule has 0 radical (unpaired) electrons. The normalized spacial score (nSPS) is 16.7. The summed E-state index contributed by atoms with van der Waals surface area (Å²) in [4.78, 5) is 32.3. The van der Waals surface area contributed by atoms with Crippen LogP contribution in [0.2, 0.25) is 5.02 Å². The maximum absolute atomic E-state index is 13.2. The fourth-order valence-corrected chi connectivity index (χ4v) is 6.04. The van der Waals surface area contributed by atoms with Crippen molar-refractivity contribution in [2.45, 2.75) is 56.5 Å². The number of carbonyl (C=O) groups is 2. The molecule has 1 N–H and O–H groups in total. The Morgan fingerprint density at radius 1 is 1.10 bits per heavy atom. The fourth-order valence-electron chi connectivity index (χ4n) is 4.92. The molecule has 1 amide bonds. The second-order valence-corrected chi connectivity index (χ2v) is 11.4. The molecule has 11 heteroatoms. The highest BCUT2D eigenvalue weighted by atomic mass is 35.5. The lowest BCUT2D eigenvalue weighted by molar-refractivity contribution is -0.139. The van der Waals surface area contributed by atoms with Crippen LogP contribution in [0.15, 0.2) is 65.0 Å². The predicted octanol–water partition coefficient (Wildman–Crippen LogP) is 5.86. The number of rotatable bonds is 10. The number of thioether (sulfide) groups is 1. The SMILES string of the molecule is CCCOC(=O)C1=C(C)Nc2nc(SCc3ccccc3Cl)nn2C1c1ccc(OCC(=O)N2CCCCC2)cc1. The largest absolute Gasteiger partial charge is 0.484 e. The third-order valence-corrected chi connectivity index (χ3v) is 8.33. The van der Waals surface area contributed by atoms with E-state index in [1.165, 1.54) is 18.2 Å². The van der Waals surface area contributed by atoms with Gasteiger partial charge in [0.05, 0.1) is 12.2 Å². The van der Waals surface area contributed by atoms with Gasteiger partial charge in [0.15, 0.2) is 6.61 Å². The van der Waals surface area contributed by atoms with Gasteiger partial charge in [-0.15, -0.1) is 5.10 Å². The summed E-state index contributed by atoms with van der Waals surface area (Å²) in [6.45, 7) is 5.70. The summed E-state index contributed by atoms with van der Waals surface area (Å²) in [6, 6.07) is 14.5. The molecule has 1 aromatic heterocycles. The number of piperidine rings is 1. The summed E-state index contributed by atoms with van der Waals surface area (Å²) in [5.74, 6) is 1.32. The van der Waals surface area contributed by atoms with Crippen molar-refractivity contribution in [1.82, 2.24) is 19.7 Å². The maximum atomic E-state index is 13.2. The standard InChI is InChI=1S/C30H34ClN5O4S/c1-3-17-39-28(38)26-20(2)32-29-33-30(41-19-22-9-5-6-10-24(22)31)34-36(29)27(26)21-11-13-23(14-12-21)40-18-25(37)35-15-7-4-8-16-35/h5-6,9-14,27H,3-4,7-8,15-19H2,1-2H3,(H,32,33,34). The van der Waals surface area contributed by atoms with Gasteiger partial charge in [-0.1, -0.05) is 60.6 Å². The van der Waals surface area contributed by atoms with Gasteiger partial charge in [0.25, 0.3) is 5.91 Å². The number of likely N-dealkylation sites (tertiary alicyclic amines) is 1. The van der Waals surface area contributed by atoms with Crippen molar-refractivity contribution in [1.29, 1.82) is 0 Å². The van der Waals surface area contributed by atoms with Gasteiger partial charge < -0.3 is 19.7 Å². The minimum atomic E-state index is -0.554. The van der Waals surface area contributed by atoms with Crippen LogP contribution in [0, 0.1) is 0 Å². The van der Waals surface area contributed by atoms with Gasteiger partial charge in [-0.2, -0.15) is 4.98 Å². The van der Waals surface area contributed by atoms with E-state index < -0.39 is 12.0 Å². The van der Waals surface area contributed by atoms with Gasteiger partial charge in [0, 0.05) is 29.6 Å². The molecule has 0 aliphatic carbocycles. The Kier molecular flexibility index (Phi) is 9.51. The minimum absolute atomic E-state index is 0.000458. The number of anilines is 1. The summed E-state index contributed by atoms with van der Waals surface area (Å²) in [5, 5.41) is 9.26. The number of halogens is 1. The van der Waals surface area contributed by atoms with Crippen molar-refractivity contribution in [2.75, 3.05) is 31.6 Å². The van der Waals surface area contributed by atoms with Crippen LogP contribution in [-0.2, 0) is 20.1 Å². The number of hydrogen-bond acceptors (Lipinski definition) is 8. The highest BCUT2D eigenvalue weighted by Crippen LogP contribution is 2.38. The topological polar surface area (TPSA) is 98.6 Å². The molecule has 1 fully saturated rings. The van der Waals surface area contributed by atoms with Crippen LogP contribution >= 0.6 is 23.4 Å². The molecule has 0 spiro atoms. The monoisotopic (exact) mass is 595 g/mol. The number of allylic oxidation sites excluding steroid dienone is 1. The highest BCUT2D eigenvalue weighted by molar-refractivity contribution is 7.98. The smallest absolute Gasteiger partial charge is 0.338 e. The average Bonchev–Trinajstić information content (AvgIpc) is 3.40. The Labute approximate surface area is 249 Å². The Morgan fingerprint density at radius 2 is 1.85 bits per heavy atom. The van der Waals surface area contributed by atoms with Crippen molar-refractivity contribution in [3.63, 3.8) is 0 Å². The number of nitrogens with one attached hydrogen (secondary N) is 1. The molecule has 2 aliphatic heterocycles. The highest BCUT2D eigenvalue weighted by Gasteiger charge is 2.35. The number of carbonyl (C=O) groups excluding carboxylic acids is 2. The van der Waals surface area contributed by atoms with E-state index in [0.717, 1.165) is 43.5 Å². The molecule has 2 aromatic carbocycles. The first-order chi connectivity index (χ1) is 19.9. The first kappa shape index (κ1) is 29.0. The maximum Gasteiger partial charge on any atom is 0.338 e. The lowest BCUT2D eigenvalue weighted by Gasteiger charge is -2.28. The summed E-state index contributed by atoms with van der Waals surface area (Å²) >= 11 is 7.81. The summed E-state index contributed by atoms with van der Waals surface area (Å²) in [6.07, 6.45) is 3.96. The second kappa shape index (κ2) is 13.4. The van der Waals surface area contributed by atoms with E-state index in [1.54, 1.807) is 4.68 Å². The number of benzene rings is 2. The number of esters is 1. The van der Waals surface area contributed by atoms with Crippen molar-refractivity contribution in [3.8, 4) is 5.75 Å². The van der Waals surface area contributed by atoms with E-state index in [-0.39, 0.29) is 12.5 Å². The zero-order chi connectivity index (χ0) is 28.8. The summed E-state index contributed by atoms with van der Waals surface area (Å²) < 4.78 is 13.1. The minimum Gasteiger partial charge on any atom is -0.484 e. The second-order valence-electron chi connectivity index (χ2n) is 10.0. The van der Waals surface area contributed by atoms with Gasteiger partial charge in [0.1, 0.15) is 11.8 Å². The fraction of sp³-hybridized carbons (Fsp3) is 0.400. The Balaban J connectivity index is 1.37. The Bertz CT molecular complexity index is 1420. The predicted molar refractivity (Wildman–Crippen MR) is 159 cm³/mol. The number of aromatic nitrogens is 3. The van der Waals surface area contributed by atoms with E-state index in [4.69, 9.17) is 31.2 Å². The molecular weight excluding hydrogens is 562 g/mol. The van der Waals surface area contributed by atoms with Gasteiger partial charge in [-0.3, -0.25) is 4.79 Å². The molecular formula is C30H34ClN5O4S. The van der Waals surface area contributed by atoms with E-state index in [1.807, 2.05) is 67.3 Å². The van der Waals surface area contributed by atoms with Gasteiger partial charge >= 0.3 is 5.97 Å². The molecule has 5 rings (SSSR count). The lowest BCUT2D eigenvalue weighted by atomic mass is 9.96. The molecule has 9 nitrogen and oxygen atoms in total. The van der Waals surface area contributed by atoms with Crippen LogP contribution in [0.5, 0.6) is 5.75 Å². The zero-order valence-corrected chi connectivity index (χ0v) is 24.8. The van der Waals surface area contributed by atoms with Crippen LogP contribution in [-0.4, -0.2) is 57.8 Å². The zero-order valence-electron chi connectivity index (χ0n) is 23.3. The first-order valence-electron chi connectivity index (χ1n) is 13.9. The molecule has 216 valence electrons. The van der Waals surface area contributed by atoms with Crippen LogP contribution in [0.25, 0.3) is 0 Å². The van der Waals surface area contributed by atoms with Crippen molar-refractivity contribution < 1.29 is 19.1 Å². The molecule has 1 unspecified atom stereocenters. The van der Waals surface area contributed by atoms with E-state index in [9.17, 15) is 9.59 Å². The molecule has 41 heavy (non-hydrogen) atoms. The number of ether oxygens (including phenoxy) is 2. The third kappa shape index (κ3) is 6.87. The Morgan fingerprint density at radius 3 is 2.59 bits per heavy atom. The van der Waals surface area contributed by atoms with Gasteiger partial charge in [-0.05, 0) is 61.9 Å². The van der Waals surface area contributed by atoms with E-state index in [2.05, 4.69) is 5.32 Å². The Hall–Kier alpha value is -3.50. The summed E-state index contributed by atoms with van der Waals surface area (Å²) in [5.41, 5.74) is 2.93. The molecule has 0 bridgehead atoms. The molecule has 1 saturated heterocycles. The van der Waals surface area contributed by atoms with Crippen molar-refractivity contribution in [3.05, 3.63) is 76.0 Å². The number of fused-ring (bicyclic) bond motifs is 1. The molecule has 3 heterocycles. The lowest BCUT2D eigenvalue weighted by Crippen LogP contribution is -2.38. The number of amides is 1. The van der Waals surface area contributed by atoms with Crippen LogP contribution in [0.1, 0.15) is 56.7 Å². The van der Waals surface area contributed by atoms with Gasteiger partial charge in [0.2, 0.25) is 11.1 Å². The summed E-state index contributed by atoms with van der Waals surface area (Å²) in [7, 11) is 0. The molecule has 3 aromatic rings.